The molecule has 1 aliphatic heterocycles. The SMILES string of the molecule is Cc1ccc(OCC(=O)N[C@@H](Cc2c[nH]c3ccccc23)C(=O)O)c([C@@H]2Cc3ccccc3C(=O)O2)c1. The van der Waals surface area contributed by atoms with Gasteiger partial charge in [0.1, 0.15) is 17.9 Å². The summed E-state index contributed by atoms with van der Waals surface area (Å²) in [6.45, 7) is 1.53. The van der Waals surface area contributed by atoms with Gasteiger partial charge >= 0.3 is 11.9 Å². The van der Waals surface area contributed by atoms with E-state index in [-0.39, 0.29) is 13.0 Å². The van der Waals surface area contributed by atoms with Gasteiger partial charge in [-0.3, -0.25) is 4.79 Å². The average Bonchev–Trinajstić information content (AvgIpc) is 3.30. The van der Waals surface area contributed by atoms with Gasteiger partial charge < -0.3 is 24.9 Å². The van der Waals surface area contributed by atoms with E-state index in [1.165, 1.54) is 0 Å². The molecule has 0 fully saturated rings. The van der Waals surface area contributed by atoms with Gasteiger partial charge in [-0.05, 0) is 42.3 Å². The molecule has 3 N–H and O–H groups in total. The summed E-state index contributed by atoms with van der Waals surface area (Å²) in [7, 11) is 0. The molecule has 2 atom stereocenters. The molecule has 8 heteroatoms. The van der Waals surface area contributed by atoms with Gasteiger partial charge in [0.15, 0.2) is 6.61 Å². The quantitative estimate of drug-likeness (QED) is 0.315. The predicted octanol–water partition coefficient (Wildman–Crippen LogP) is 4.12. The summed E-state index contributed by atoms with van der Waals surface area (Å²) >= 11 is 0. The van der Waals surface area contributed by atoms with Gasteiger partial charge in [0, 0.05) is 35.5 Å². The fourth-order valence-electron chi connectivity index (χ4n) is 4.66. The number of esters is 1. The molecule has 0 saturated carbocycles. The molecule has 1 aromatic heterocycles. The number of cyclic esters (lactones) is 1. The lowest BCUT2D eigenvalue weighted by molar-refractivity contribution is -0.142. The molecule has 0 aliphatic carbocycles. The highest BCUT2D eigenvalue weighted by atomic mass is 16.5. The monoisotopic (exact) mass is 498 g/mol. The molecule has 2 heterocycles. The second kappa shape index (κ2) is 10.2. The van der Waals surface area contributed by atoms with E-state index in [0.29, 0.717) is 23.3 Å². The molecule has 4 aromatic rings. The first kappa shape index (κ1) is 24.1. The first-order valence-corrected chi connectivity index (χ1v) is 12.0. The van der Waals surface area contributed by atoms with Crippen molar-refractivity contribution < 1.29 is 29.0 Å². The van der Waals surface area contributed by atoms with Crippen LogP contribution in [0.25, 0.3) is 10.9 Å². The van der Waals surface area contributed by atoms with Crippen LogP contribution >= 0.6 is 0 Å². The number of aromatic nitrogens is 1. The number of hydrogen-bond acceptors (Lipinski definition) is 5. The smallest absolute Gasteiger partial charge is 0.339 e. The van der Waals surface area contributed by atoms with Gasteiger partial charge in [-0.1, -0.05) is 48.0 Å². The predicted molar refractivity (Wildman–Crippen MR) is 137 cm³/mol. The van der Waals surface area contributed by atoms with E-state index >= 15 is 0 Å². The summed E-state index contributed by atoms with van der Waals surface area (Å²) in [5.41, 5.74) is 4.73. The number of amides is 1. The fourth-order valence-corrected chi connectivity index (χ4v) is 4.66. The van der Waals surface area contributed by atoms with Crippen LogP contribution < -0.4 is 10.1 Å². The number of ether oxygens (including phenoxy) is 2. The number of carboxylic acids is 1. The minimum Gasteiger partial charge on any atom is -0.483 e. The standard InChI is InChI=1S/C29H26N2O6/c1-17-10-11-25(22(12-17)26-14-18-6-2-3-8-21(18)29(35)37-26)36-16-27(32)31-24(28(33)34)13-19-15-30-23-9-5-4-7-20(19)23/h2-12,15,24,26,30H,13-14,16H2,1H3,(H,31,32)(H,33,34)/t24-,26-/m0/s1. The summed E-state index contributed by atoms with van der Waals surface area (Å²) in [5, 5.41) is 13.2. The highest BCUT2D eigenvalue weighted by Crippen LogP contribution is 2.36. The number of carbonyl (C=O) groups is 3. The third-order valence-electron chi connectivity index (χ3n) is 6.50. The van der Waals surface area contributed by atoms with E-state index in [1.54, 1.807) is 24.4 Å². The lowest BCUT2D eigenvalue weighted by Gasteiger charge is -2.26. The summed E-state index contributed by atoms with van der Waals surface area (Å²) in [6.07, 6.45) is 1.80. The molecule has 8 nitrogen and oxygen atoms in total. The van der Waals surface area contributed by atoms with E-state index in [4.69, 9.17) is 9.47 Å². The van der Waals surface area contributed by atoms with Gasteiger partial charge in [-0.2, -0.15) is 0 Å². The minimum atomic E-state index is -1.14. The Labute approximate surface area is 213 Å². The second-order valence-electron chi connectivity index (χ2n) is 9.11. The number of carbonyl (C=O) groups excluding carboxylic acids is 2. The van der Waals surface area contributed by atoms with Crippen molar-refractivity contribution in [2.24, 2.45) is 0 Å². The van der Waals surface area contributed by atoms with Crippen LogP contribution in [0, 0.1) is 6.92 Å². The molecule has 0 bridgehead atoms. The molecule has 1 aliphatic rings. The minimum absolute atomic E-state index is 0.123. The lowest BCUT2D eigenvalue weighted by Crippen LogP contribution is -2.44. The van der Waals surface area contributed by atoms with Gasteiger partial charge in [0.25, 0.3) is 5.91 Å². The van der Waals surface area contributed by atoms with Crippen molar-refractivity contribution in [1.29, 1.82) is 0 Å². The van der Waals surface area contributed by atoms with E-state index in [2.05, 4.69) is 10.3 Å². The van der Waals surface area contributed by atoms with Crippen LogP contribution in [-0.4, -0.2) is 40.6 Å². The Morgan fingerprint density at radius 3 is 2.76 bits per heavy atom. The number of carboxylic acid groups (broad SMARTS) is 1. The largest absolute Gasteiger partial charge is 0.483 e. The van der Waals surface area contributed by atoms with Crippen molar-refractivity contribution in [3.05, 3.63) is 101 Å². The number of fused-ring (bicyclic) bond motifs is 2. The Morgan fingerprint density at radius 1 is 1.14 bits per heavy atom. The van der Waals surface area contributed by atoms with E-state index < -0.39 is 30.0 Å². The molecule has 0 spiro atoms. The molecule has 1 amide bonds. The highest BCUT2D eigenvalue weighted by molar-refractivity contribution is 5.92. The van der Waals surface area contributed by atoms with Crippen LogP contribution in [0.2, 0.25) is 0 Å². The first-order valence-electron chi connectivity index (χ1n) is 12.0. The molecule has 3 aromatic carbocycles. The van der Waals surface area contributed by atoms with Gasteiger partial charge in [0.05, 0.1) is 5.56 Å². The Bertz CT molecular complexity index is 1490. The second-order valence-corrected chi connectivity index (χ2v) is 9.11. The molecule has 188 valence electrons. The molecule has 37 heavy (non-hydrogen) atoms. The number of aliphatic carboxylic acids is 1. The van der Waals surface area contributed by atoms with Crippen molar-refractivity contribution in [3.63, 3.8) is 0 Å². The normalized spacial score (nSPS) is 15.5. The van der Waals surface area contributed by atoms with Crippen LogP contribution in [0.4, 0.5) is 0 Å². The number of benzene rings is 3. The summed E-state index contributed by atoms with van der Waals surface area (Å²) < 4.78 is 11.5. The molecule has 0 unspecified atom stereocenters. The van der Waals surface area contributed by atoms with Gasteiger partial charge in [-0.15, -0.1) is 0 Å². The Hall–Kier alpha value is -4.59. The maximum Gasteiger partial charge on any atom is 0.339 e. The highest BCUT2D eigenvalue weighted by Gasteiger charge is 2.29. The summed E-state index contributed by atoms with van der Waals surface area (Å²) in [4.78, 5) is 40.2. The van der Waals surface area contributed by atoms with Crippen molar-refractivity contribution in [2.75, 3.05) is 6.61 Å². The van der Waals surface area contributed by atoms with Crippen LogP contribution in [0.1, 0.15) is 38.7 Å². The molecule has 0 radical (unpaired) electrons. The molecular formula is C29H26N2O6. The molecule has 0 saturated heterocycles. The topological polar surface area (TPSA) is 118 Å². The first-order chi connectivity index (χ1) is 17.9. The number of para-hydroxylation sites is 1. The Kier molecular flexibility index (Phi) is 6.64. The van der Waals surface area contributed by atoms with E-state index in [0.717, 1.165) is 27.6 Å². The fraction of sp³-hybridized carbons (Fsp3) is 0.207. The number of rotatable bonds is 8. The van der Waals surface area contributed by atoms with E-state index in [1.807, 2.05) is 55.5 Å². The third-order valence-corrected chi connectivity index (χ3v) is 6.50. The zero-order valence-corrected chi connectivity index (χ0v) is 20.2. The number of hydrogen-bond donors (Lipinski definition) is 3. The number of H-pyrrole nitrogens is 1. The maximum absolute atomic E-state index is 12.7. The number of aromatic amines is 1. The maximum atomic E-state index is 12.7. The summed E-state index contributed by atoms with van der Waals surface area (Å²) in [6, 6.07) is 19.2. The van der Waals surface area contributed by atoms with Crippen molar-refractivity contribution in [2.45, 2.75) is 31.9 Å². The van der Waals surface area contributed by atoms with Crippen molar-refractivity contribution in [3.8, 4) is 5.75 Å². The zero-order chi connectivity index (χ0) is 25.9. The Balaban J connectivity index is 1.28. The van der Waals surface area contributed by atoms with Crippen molar-refractivity contribution >= 4 is 28.7 Å². The number of aryl methyl sites for hydroxylation is 1. The van der Waals surface area contributed by atoms with Gasteiger partial charge in [0.2, 0.25) is 0 Å². The number of nitrogens with one attached hydrogen (secondary N) is 2. The van der Waals surface area contributed by atoms with Crippen molar-refractivity contribution in [1.82, 2.24) is 10.3 Å². The molecular weight excluding hydrogens is 472 g/mol. The third kappa shape index (κ3) is 5.18. The van der Waals surface area contributed by atoms with Crippen LogP contribution in [0.3, 0.4) is 0 Å². The average molecular weight is 499 g/mol. The lowest BCUT2D eigenvalue weighted by atomic mass is 9.93. The zero-order valence-electron chi connectivity index (χ0n) is 20.2. The molecule has 5 rings (SSSR count). The van der Waals surface area contributed by atoms with E-state index in [9.17, 15) is 19.5 Å². The van der Waals surface area contributed by atoms with Crippen LogP contribution in [0.15, 0.2) is 72.9 Å². The van der Waals surface area contributed by atoms with Gasteiger partial charge in [-0.25, -0.2) is 9.59 Å². The van der Waals surface area contributed by atoms with Crippen LogP contribution in [0.5, 0.6) is 5.75 Å². The van der Waals surface area contributed by atoms with Crippen LogP contribution in [-0.2, 0) is 27.2 Å². The Morgan fingerprint density at radius 2 is 1.92 bits per heavy atom. The summed E-state index contributed by atoms with van der Waals surface area (Å²) in [5.74, 6) is -1.70.